The number of hydrogen-bond donors (Lipinski definition) is 2. The average Bonchev–Trinajstić information content (AvgIpc) is 2.40. The number of amides is 1. The van der Waals surface area contributed by atoms with Crippen molar-refractivity contribution in [2.24, 2.45) is 11.7 Å². The van der Waals surface area contributed by atoms with Crippen molar-refractivity contribution in [3.05, 3.63) is 23.8 Å². The minimum absolute atomic E-state index is 0.385. The highest BCUT2D eigenvalue weighted by atomic mass is 16.5. The molecule has 0 aromatic heterocycles. The minimum Gasteiger partial charge on any atom is -0.398 e. The molecular weight excluding hydrogens is 242 g/mol. The maximum Gasteiger partial charge on any atom is 0.250 e. The van der Waals surface area contributed by atoms with E-state index in [0.29, 0.717) is 17.2 Å². The van der Waals surface area contributed by atoms with Crippen LogP contribution in [0.5, 0.6) is 0 Å². The van der Waals surface area contributed by atoms with Crippen molar-refractivity contribution in [2.75, 3.05) is 37.4 Å². The first-order valence-electron chi connectivity index (χ1n) is 6.56. The van der Waals surface area contributed by atoms with E-state index in [1.165, 1.54) is 0 Å². The maximum atomic E-state index is 11.3. The Morgan fingerprint density at radius 3 is 2.74 bits per heavy atom. The van der Waals surface area contributed by atoms with E-state index < -0.39 is 5.91 Å². The maximum absolute atomic E-state index is 11.3. The number of nitrogens with two attached hydrogens (primary N) is 2. The second kappa shape index (κ2) is 5.93. The largest absolute Gasteiger partial charge is 0.398 e. The van der Waals surface area contributed by atoms with Crippen molar-refractivity contribution in [3.63, 3.8) is 0 Å². The zero-order valence-corrected chi connectivity index (χ0v) is 11.3. The summed E-state index contributed by atoms with van der Waals surface area (Å²) in [5, 5.41) is 0. The molecular formula is C14H21N3O2. The summed E-state index contributed by atoms with van der Waals surface area (Å²) < 4.78 is 5.36. The molecule has 0 spiro atoms. The number of benzene rings is 1. The van der Waals surface area contributed by atoms with Crippen LogP contribution in [0.1, 0.15) is 23.2 Å². The summed E-state index contributed by atoms with van der Waals surface area (Å²) in [5.41, 5.74) is 12.8. The van der Waals surface area contributed by atoms with Crippen LogP contribution < -0.4 is 16.4 Å². The Morgan fingerprint density at radius 2 is 2.11 bits per heavy atom. The van der Waals surface area contributed by atoms with Gasteiger partial charge in [-0.25, -0.2) is 0 Å². The molecule has 5 nitrogen and oxygen atoms in total. The van der Waals surface area contributed by atoms with Gasteiger partial charge >= 0.3 is 0 Å². The number of anilines is 2. The van der Waals surface area contributed by atoms with E-state index in [1.807, 2.05) is 13.1 Å². The normalized spacial score (nSPS) is 16.3. The number of primary amides is 1. The molecule has 4 N–H and O–H groups in total. The third-order valence-electron chi connectivity index (χ3n) is 3.62. The quantitative estimate of drug-likeness (QED) is 0.801. The highest BCUT2D eigenvalue weighted by molar-refractivity contribution is 5.99. The van der Waals surface area contributed by atoms with E-state index in [4.69, 9.17) is 16.2 Å². The molecule has 0 radical (unpaired) electrons. The van der Waals surface area contributed by atoms with Gasteiger partial charge in [0.25, 0.3) is 5.91 Å². The molecule has 1 fully saturated rings. The average molecular weight is 263 g/mol. The van der Waals surface area contributed by atoms with Gasteiger partial charge in [0.15, 0.2) is 0 Å². The highest BCUT2D eigenvalue weighted by Crippen LogP contribution is 2.23. The number of ether oxygens (including phenoxy) is 1. The molecule has 1 aliphatic rings. The van der Waals surface area contributed by atoms with Crippen molar-refractivity contribution in [1.82, 2.24) is 0 Å². The SMILES string of the molecule is CN(CC1CCOCC1)c1ccc(N)c(C(N)=O)c1. The van der Waals surface area contributed by atoms with Gasteiger partial charge in [0.1, 0.15) is 0 Å². The van der Waals surface area contributed by atoms with Gasteiger partial charge in [-0.1, -0.05) is 0 Å². The topological polar surface area (TPSA) is 81.6 Å². The van der Waals surface area contributed by atoms with E-state index in [9.17, 15) is 4.79 Å². The Hall–Kier alpha value is -1.75. The van der Waals surface area contributed by atoms with Crippen LogP contribution in [0, 0.1) is 5.92 Å². The van der Waals surface area contributed by atoms with Crippen LogP contribution in [-0.4, -0.2) is 32.7 Å². The molecule has 0 aliphatic carbocycles. The van der Waals surface area contributed by atoms with Gasteiger partial charge in [-0.15, -0.1) is 0 Å². The molecule has 0 saturated carbocycles. The molecule has 1 aromatic carbocycles. The number of nitrogen functional groups attached to an aromatic ring is 1. The summed E-state index contributed by atoms with van der Waals surface area (Å²) >= 11 is 0. The van der Waals surface area contributed by atoms with Crippen molar-refractivity contribution < 1.29 is 9.53 Å². The lowest BCUT2D eigenvalue weighted by Crippen LogP contribution is -2.29. The van der Waals surface area contributed by atoms with Crippen LogP contribution in [0.2, 0.25) is 0 Å². The van der Waals surface area contributed by atoms with Gasteiger partial charge in [-0.05, 0) is 37.0 Å². The second-order valence-corrected chi connectivity index (χ2v) is 5.07. The van der Waals surface area contributed by atoms with Gasteiger partial charge < -0.3 is 21.1 Å². The Kier molecular flexibility index (Phi) is 4.27. The van der Waals surface area contributed by atoms with E-state index in [1.54, 1.807) is 12.1 Å². The van der Waals surface area contributed by atoms with Crippen molar-refractivity contribution in [3.8, 4) is 0 Å². The highest BCUT2D eigenvalue weighted by Gasteiger charge is 2.17. The number of carbonyl (C=O) groups excluding carboxylic acids is 1. The van der Waals surface area contributed by atoms with Gasteiger partial charge in [0.05, 0.1) is 5.56 Å². The molecule has 0 bridgehead atoms. The minimum atomic E-state index is -0.487. The fourth-order valence-corrected chi connectivity index (χ4v) is 2.42. The molecule has 1 saturated heterocycles. The Labute approximate surface area is 113 Å². The van der Waals surface area contributed by atoms with Crippen molar-refractivity contribution >= 4 is 17.3 Å². The Balaban J connectivity index is 2.07. The Bertz CT molecular complexity index is 456. The molecule has 0 unspecified atom stereocenters. The summed E-state index contributed by atoms with van der Waals surface area (Å²) in [6.07, 6.45) is 2.17. The summed E-state index contributed by atoms with van der Waals surface area (Å²) in [4.78, 5) is 13.4. The lowest BCUT2D eigenvalue weighted by molar-refractivity contribution is 0.0685. The number of nitrogens with zero attached hydrogens (tertiary/aromatic N) is 1. The zero-order chi connectivity index (χ0) is 13.8. The van der Waals surface area contributed by atoms with E-state index in [-0.39, 0.29) is 0 Å². The monoisotopic (exact) mass is 263 g/mol. The van der Waals surface area contributed by atoms with Crippen LogP contribution in [0.15, 0.2) is 18.2 Å². The first-order chi connectivity index (χ1) is 9.08. The van der Waals surface area contributed by atoms with Gasteiger partial charge in [0.2, 0.25) is 0 Å². The smallest absolute Gasteiger partial charge is 0.250 e. The van der Waals surface area contributed by atoms with E-state index in [2.05, 4.69) is 4.90 Å². The molecule has 0 atom stereocenters. The fraction of sp³-hybridized carbons (Fsp3) is 0.500. The molecule has 1 aromatic rings. The van der Waals surface area contributed by atoms with E-state index in [0.717, 1.165) is 38.3 Å². The third-order valence-corrected chi connectivity index (χ3v) is 3.62. The number of carbonyl (C=O) groups is 1. The molecule has 19 heavy (non-hydrogen) atoms. The molecule has 1 amide bonds. The van der Waals surface area contributed by atoms with Crippen LogP contribution >= 0.6 is 0 Å². The summed E-state index contributed by atoms with van der Waals surface area (Å²) in [5.74, 6) is 0.146. The number of hydrogen-bond acceptors (Lipinski definition) is 4. The van der Waals surface area contributed by atoms with Crippen molar-refractivity contribution in [1.29, 1.82) is 0 Å². The van der Waals surface area contributed by atoms with Gasteiger partial charge in [-0.2, -0.15) is 0 Å². The van der Waals surface area contributed by atoms with Crippen LogP contribution in [-0.2, 0) is 4.74 Å². The summed E-state index contributed by atoms with van der Waals surface area (Å²) in [6.45, 7) is 2.63. The van der Waals surface area contributed by atoms with E-state index >= 15 is 0 Å². The second-order valence-electron chi connectivity index (χ2n) is 5.07. The Morgan fingerprint density at radius 1 is 1.42 bits per heavy atom. The molecule has 1 heterocycles. The molecule has 5 heteroatoms. The molecule has 104 valence electrons. The van der Waals surface area contributed by atoms with Crippen LogP contribution in [0.3, 0.4) is 0 Å². The van der Waals surface area contributed by atoms with Gasteiger partial charge in [0, 0.05) is 38.2 Å². The predicted molar refractivity (Wildman–Crippen MR) is 76.2 cm³/mol. The predicted octanol–water partition coefficient (Wildman–Crippen LogP) is 1.23. The van der Waals surface area contributed by atoms with Crippen LogP contribution in [0.25, 0.3) is 0 Å². The lowest BCUT2D eigenvalue weighted by Gasteiger charge is -2.28. The van der Waals surface area contributed by atoms with Gasteiger partial charge in [-0.3, -0.25) is 4.79 Å². The molecule has 1 aliphatic heterocycles. The fourth-order valence-electron chi connectivity index (χ4n) is 2.42. The summed E-state index contributed by atoms with van der Waals surface area (Å²) in [6, 6.07) is 5.41. The standard InChI is InChI=1S/C14H21N3O2/c1-17(9-10-4-6-19-7-5-10)11-2-3-13(15)12(8-11)14(16)18/h2-3,8,10H,4-7,9,15H2,1H3,(H2,16,18). The lowest BCUT2D eigenvalue weighted by atomic mass is 9.99. The third kappa shape index (κ3) is 3.38. The number of rotatable bonds is 4. The zero-order valence-electron chi connectivity index (χ0n) is 11.3. The summed E-state index contributed by atoms with van der Waals surface area (Å²) in [7, 11) is 2.02. The first-order valence-corrected chi connectivity index (χ1v) is 6.56. The molecule has 2 rings (SSSR count). The van der Waals surface area contributed by atoms with Crippen LogP contribution in [0.4, 0.5) is 11.4 Å². The van der Waals surface area contributed by atoms with Crippen molar-refractivity contribution in [2.45, 2.75) is 12.8 Å². The first kappa shape index (κ1) is 13.7.